The number of anilines is 2. The van der Waals surface area contributed by atoms with Gasteiger partial charge in [-0.25, -0.2) is 8.42 Å². The van der Waals surface area contributed by atoms with Gasteiger partial charge < -0.3 is 10.1 Å². The van der Waals surface area contributed by atoms with E-state index in [0.717, 1.165) is 10.7 Å². The number of esters is 1. The summed E-state index contributed by atoms with van der Waals surface area (Å²) in [5, 5.41) is 4.38. The van der Waals surface area contributed by atoms with E-state index in [2.05, 4.69) is 10.3 Å². The molecule has 0 atom stereocenters. The van der Waals surface area contributed by atoms with Crippen LogP contribution in [0.1, 0.15) is 30.3 Å². The van der Waals surface area contributed by atoms with Gasteiger partial charge in [-0.1, -0.05) is 72.4 Å². The Hall–Kier alpha value is -3.37. The zero-order valence-electron chi connectivity index (χ0n) is 21.2. The molecule has 0 saturated heterocycles. The van der Waals surface area contributed by atoms with Crippen molar-refractivity contribution in [2.24, 2.45) is 0 Å². The number of hydrogen-bond acceptors (Lipinski definition) is 6. The predicted octanol–water partition coefficient (Wildman–Crippen LogP) is 6.99. The van der Waals surface area contributed by atoms with Gasteiger partial charge in [-0.3, -0.25) is 18.9 Å². The first-order chi connectivity index (χ1) is 19.1. The molecular weight excluding hydrogens is 597 g/mol. The highest BCUT2D eigenvalue weighted by Crippen LogP contribution is 2.35. The number of nitrogens with one attached hydrogen (secondary N) is 1. The Labute approximate surface area is 246 Å². The fourth-order valence-corrected chi connectivity index (χ4v) is 6.25. The van der Waals surface area contributed by atoms with Gasteiger partial charge in [0.05, 0.1) is 17.2 Å². The minimum atomic E-state index is -4.35. The maximum absolute atomic E-state index is 13.9. The van der Waals surface area contributed by atoms with Crippen LogP contribution < -0.4 is 9.62 Å². The van der Waals surface area contributed by atoms with Gasteiger partial charge in [0.1, 0.15) is 12.2 Å². The van der Waals surface area contributed by atoms with Crippen LogP contribution in [0.4, 0.5) is 11.4 Å². The van der Waals surface area contributed by atoms with Crippen molar-refractivity contribution in [1.82, 2.24) is 4.98 Å². The van der Waals surface area contributed by atoms with E-state index in [1.165, 1.54) is 30.5 Å². The molecule has 0 saturated carbocycles. The third-order valence-electron chi connectivity index (χ3n) is 5.83. The van der Waals surface area contributed by atoms with E-state index in [9.17, 15) is 18.0 Å². The van der Waals surface area contributed by atoms with Crippen molar-refractivity contribution in [3.63, 3.8) is 0 Å². The van der Waals surface area contributed by atoms with E-state index in [-0.39, 0.29) is 32.9 Å². The van der Waals surface area contributed by atoms with E-state index in [1.54, 1.807) is 42.5 Å². The maximum Gasteiger partial charge on any atom is 0.326 e. The molecule has 1 N–H and O–H groups in total. The number of sulfonamides is 1. The van der Waals surface area contributed by atoms with Crippen molar-refractivity contribution < 1.29 is 22.7 Å². The molecule has 4 aromatic rings. The average molecular weight is 621 g/mol. The van der Waals surface area contributed by atoms with Crippen molar-refractivity contribution in [2.75, 3.05) is 22.8 Å². The van der Waals surface area contributed by atoms with Crippen LogP contribution in [0.3, 0.4) is 0 Å². The molecule has 12 heteroatoms. The van der Waals surface area contributed by atoms with Gasteiger partial charge in [0.2, 0.25) is 0 Å². The highest BCUT2D eigenvalue weighted by Gasteiger charge is 2.30. The molecule has 0 unspecified atom stereocenters. The van der Waals surface area contributed by atoms with Crippen molar-refractivity contribution >= 4 is 78.8 Å². The molecular formula is C28H24Cl3N3O5S. The van der Waals surface area contributed by atoms with Gasteiger partial charge in [-0.05, 0) is 48.9 Å². The second-order valence-electron chi connectivity index (χ2n) is 8.68. The van der Waals surface area contributed by atoms with Crippen LogP contribution in [0.15, 0.2) is 77.8 Å². The third kappa shape index (κ3) is 6.85. The lowest BCUT2D eigenvalue weighted by Gasteiger charge is -2.25. The molecule has 1 heterocycles. The molecule has 0 aliphatic heterocycles. The van der Waals surface area contributed by atoms with Gasteiger partial charge in [0, 0.05) is 37.7 Å². The molecule has 0 bridgehead atoms. The average Bonchev–Trinajstić information content (AvgIpc) is 2.91. The number of unbranched alkanes of at least 4 members (excludes halogenated alkanes) is 1. The molecule has 208 valence electrons. The summed E-state index contributed by atoms with van der Waals surface area (Å²) in [5.41, 5.74) is 0.704. The molecule has 40 heavy (non-hydrogen) atoms. The lowest BCUT2D eigenvalue weighted by molar-refractivity contribution is -0.141. The van der Waals surface area contributed by atoms with Crippen LogP contribution in [0.25, 0.3) is 10.8 Å². The number of halogens is 3. The topological polar surface area (TPSA) is 106 Å². The van der Waals surface area contributed by atoms with Crippen molar-refractivity contribution in [2.45, 2.75) is 24.7 Å². The number of aromatic nitrogens is 1. The second-order valence-corrected chi connectivity index (χ2v) is 11.9. The van der Waals surface area contributed by atoms with Crippen LogP contribution >= 0.6 is 34.8 Å². The first-order valence-corrected chi connectivity index (χ1v) is 14.8. The van der Waals surface area contributed by atoms with E-state index in [1.807, 2.05) is 6.92 Å². The number of nitrogens with zero attached hydrogens (tertiary/aromatic N) is 2. The van der Waals surface area contributed by atoms with Gasteiger partial charge in [-0.15, -0.1) is 0 Å². The van der Waals surface area contributed by atoms with Crippen LogP contribution in [0.5, 0.6) is 0 Å². The highest BCUT2D eigenvalue weighted by atomic mass is 35.5. The number of carbonyl (C=O) groups is 2. The number of fused-ring (bicyclic) bond motifs is 1. The largest absolute Gasteiger partial charge is 0.464 e. The van der Waals surface area contributed by atoms with Gasteiger partial charge >= 0.3 is 5.97 Å². The van der Waals surface area contributed by atoms with Crippen LogP contribution in [0, 0.1) is 0 Å². The number of hydrogen-bond donors (Lipinski definition) is 1. The second kappa shape index (κ2) is 12.9. The number of carbonyl (C=O) groups excluding carboxylic acids is 2. The smallest absolute Gasteiger partial charge is 0.326 e. The van der Waals surface area contributed by atoms with E-state index >= 15 is 0 Å². The molecule has 4 rings (SSSR count). The van der Waals surface area contributed by atoms with Crippen molar-refractivity contribution in [3.05, 3.63) is 93.7 Å². The number of ether oxygens (including phenoxy) is 1. The molecule has 1 amide bonds. The monoisotopic (exact) mass is 619 g/mol. The number of benzene rings is 3. The van der Waals surface area contributed by atoms with Gasteiger partial charge in [0.15, 0.2) is 0 Å². The summed E-state index contributed by atoms with van der Waals surface area (Å²) in [6.45, 7) is 1.51. The maximum atomic E-state index is 13.9. The predicted molar refractivity (Wildman–Crippen MR) is 158 cm³/mol. The summed E-state index contributed by atoms with van der Waals surface area (Å²) in [6, 6.07) is 16.8. The zero-order valence-corrected chi connectivity index (χ0v) is 24.3. The van der Waals surface area contributed by atoms with Crippen LogP contribution in [-0.4, -0.2) is 38.4 Å². The Balaban J connectivity index is 1.80. The van der Waals surface area contributed by atoms with E-state index < -0.39 is 28.4 Å². The summed E-state index contributed by atoms with van der Waals surface area (Å²) >= 11 is 18.2. The summed E-state index contributed by atoms with van der Waals surface area (Å²) < 4.78 is 34.1. The Morgan fingerprint density at radius 2 is 1.62 bits per heavy atom. The van der Waals surface area contributed by atoms with Gasteiger partial charge in [0.25, 0.3) is 15.9 Å². The quantitative estimate of drug-likeness (QED) is 0.151. The molecule has 0 aliphatic rings. The fraction of sp³-hybridized carbons (Fsp3) is 0.179. The van der Waals surface area contributed by atoms with Crippen LogP contribution in [0.2, 0.25) is 15.1 Å². The third-order valence-corrected chi connectivity index (χ3v) is 8.24. The summed E-state index contributed by atoms with van der Waals surface area (Å²) in [6.07, 6.45) is 2.86. The Bertz CT molecular complexity index is 1660. The number of pyridine rings is 1. The number of amides is 1. The normalized spacial score (nSPS) is 11.3. The molecule has 0 spiro atoms. The Morgan fingerprint density at radius 3 is 2.33 bits per heavy atom. The lowest BCUT2D eigenvalue weighted by Crippen LogP contribution is -2.37. The van der Waals surface area contributed by atoms with Crippen molar-refractivity contribution in [3.8, 4) is 0 Å². The Morgan fingerprint density at radius 1 is 0.925 bits per heavy atom. The summed E-state index contributed by atoms with van der Waals surface area (Å²) in [5.74, 6) is -1.23. The standard InChI is InChI=1S/C28H24Cl3N3O5S/c1-2-3-12-39-27(35)17-34(40(37,38)21-14-19(30)13-20(31)15-21)26-9-5-6-22-23(26)7-4-8-24(22)33-28(36)25-16-18(29)10-11-32-25/h4-11,13-16H,2-3,12,17H2,1H3,(H,33,36). The first-order valence-electron chi connectivity index (χ1n) is 12.2. The molecule has 0 fully saturated rings. The van der Waals surface area contributed by atoms with Gasteiger partial charge in [-0.2, -0.15) is 0 Å². The molecule has 1 aromatic heterocycles. The molecule has 3 aromatic carbocycles. The number of rotatable bonds is 10. The zero-order chi connectivity index (χ0) is 28.9. The minimum absolute atomic E-state index is 0.109. The van der Waals surface area contributed by atoms with Crippen LogP contribution in [-0.2, 0) is 19.6 Å². The first kappa shape index (κ1) is 29.6. The molecule has 8 nitrogen and oxygen atoms in total. The fourth-order valence-electron chi connectivity index (χ4n) is 3.93. The molecule has 0 radical (unpaired) electrons. The Kier molecular flexibility index (Phi) is 9.52. The highest BCUT2D eigenvalue weighted by molar-refractivity contribution is 7.93. The van der Waals surface area contributed by atoms with Crippen molar-refractivity contribution in [1.29, 1.82) is 0 Å². The van der Waals surface area contributed by atoms with E-state index in [4.69, 9.17) is 39.5 Å². The summed E-state index contributed by atoms with van der Waals surface area (Å²) in [4.78, 5) is 29.5. The molecule has 0 aliphatic carbocycles. The SMILES string of the molecule is CCCCOC(=O)CN(c1cccc2c(NC(=O)c3cc(Cl)ccn3)cccc12)S(=O)(=O)c1cc(Cl)cc(Cl)c1. The lowest BCUT2D eigenvalue weighted by atomic mass is 10.1. The minimum Gasteiger partial charge on any atom is -0.464 e. The summed E-state index contributed by atoms with van der Waals surface area (Å²) in [7, 11) is -4.35. The van der Waals surface area contributed by atoms with E-state index in [0.29, 0.717) is 27.9 Å².